The van der Waals surface area contributed by atoms with Crippen LogP contribution in [0.15, 0.2) is 0 Å². The minimum atomic E-state index is -0.414. The van der Waals surface area contributed by atoms with Crippen molar-refractivity contribution >= 4 is 23.5 Å². The number of carbonyl (C=O) groups excluding carboxylic acids is 2. The van der Waals surface area contributed by atoms with Crippen LogP contribution in [0.2, 0.25) is 0 Å². The monoisotopic (exact) mass is 267 g/mol. The Morgan fingerprint density at radius 3 is 2.47 bits per heavy atom. The van der Waals surface area contributed by atoms with Crippen LogP contribution in [0.3, 0.4) is 0 Å². The predicted octanol–water partition coefficient (Wildman–Crippen LogP) is 0.285. The number of ether oxygens (including phenoxy) is 3. The van der Waals surface area contributed by atoms with Gasteiger partial charge < -0.3 is 14.2 Å². The van der Waals surface area contributed by atoms with Crippen LogP contribution in [-0.4, -0.2) is 51.8 Å². The molecule has 1 N–H and O–H groups in total. The third-order valence-corrected chi connectivity index (χ3v) is 1.93. The molecule has 0 rings (SSSR count). The maximum Gasteiger partial charge on any atom is 0.306 e. The number of methoxy groups -OCH3 is 1. The minimum Gasteiger partial charge on any atom is -0.463 e. The fourth-order valence-corrected chi connectivity index (χ4v) is 1.08. The molecule has 0 saturated carbocycles. The summed E-state index contributed by atoms with van der Waals surface area (Å²) in [4.78, 5) is 24.3. The first kappa shape index (κ1) is 16.3. The number of ketones is 1. The van der Waals surface area contributed by atoms with Crippen LogP contribution >= 0.6 is 11.8 Å². The average molecular weight is 268 g/mol. The Balaban J connectivity index is 3.31. The Labute approximate surface area is 106 Å². The van der Waals surface area contributed by atoms with Crippen LogP contribution in [0.4, 0.5) is 0 Å². The predicted molar refractivity (Wildman–Crippen MR) is 61.8 cm³/mol. The summed E-state index contributed by atoms with van der Waals surface area (Å²) in [7, 11) is 1.58. The summed E-state index contributed by atoms with van der Waals surface area (Å²) in [6.07, 6.45) is 0.193. The van der Waals surface area contributed by atoms with Crippen molar-refractivity contribution in [3.05, 3.63) is 0 Å². The Morgan fingerprint density at radius 2 is 1.82 bits per heavy atom. The number of rotatable bonds is 11. The molecule has 6 nitrogen and oxygen atoms in total. The van der Waals surface area contributed by atoms with Crippen LogP contribution in [0.1, 0.15) is 12.8 Å². The Morgan fingerprint density at radius 1 is 1.12 bits per heavy atom. The van der Waals surface area contributed by atoms with E-state index in [2.05, 4.69) is 4.84 Å². The van der Waals surface area contributed by atoms with E-state index in [-0.39, 0.29) is 31.8 Å². The Bertz CT molecular complexity index is 225. The van der Waals surface area contributed by atoms with E-state index in [1.54, 1.807) is 7.11 Å². The molecular formula is C10H18ClNO5. The highest BCUT2D eigenvalue weighted by molar-refractivity contribution is 6.14. The standard InChI is InChI=1S/C10H18ClNO5/c1-15-4-5-16-6-7-17-10(14)3-2-9(13)8-12-11/h12H,2-8H2,1H3. The molecule has 0 radical (unpaired) electrons. The first-order valence-electron chi connectivity index (χ1n) is 5.28. The molecule has 0 saturated heterocycles. The smallest absolute Gasteiger partial charge is 0.306 e. The van der Waals surface area contributed by atoms with Gasteiger partial charge in [-0.05, 0) is 11.8 Å². The second-order valence-corrected chi connectivity index (χ2v) is 3.44. The summed E-state index contributed by atoms with van der Waals surface area (Å²) < 4.78 is 14.7. The fraction of sp³-hybridized carbons (Fsp3) is 0.800. The van der Waals surface area contributed by atoms with Gasteiger partial charge in [-0.3, -0.25) is 9.59 Å². The van der Waals surface area contributed by atoms with Crippen LogP contribution in [0, 0.1) is 0 Å². The number of esters is 1. The topological polar surface area (TPSA) is 73.9 Å². The molecule has 0 unspecified atom stereocenters. The van der Waals surface area contributed by atoms with E-state index in [0.29, 0.717) is 19.8 Å². The number of hydrogen-bond donors (Lipinski definition) is 1. The van der Waals surface area contributed by atoms with Crippen molar-refractivity contribution in [1.29, 1.82) is 0 Å². The minimum absolute atomic E-state index is 0.0506. The summed E-state index contributed by atoms with van der Waals surface area (Å²) in [6, 6.07) is 0. The third kappa shape index (κ3) is 11.6. The van der Waals surface area contributed by atoms with Gasteiger partial charge in [-0.1, -0.05) is 0 Å². The van der Waals surface area contributed by atoms with Gasteiger partial charge in [0.15, 0.2) is 0 Å². The largest absolute Gasteiger partial charge is 0.463 e. The van der Waals surface area contributed by atoms with Gasteiger partial charge >= 0.3 is 5.97 Å². The van der Waals surface area contributed by atoms with Gasteiger partial charge in [0, 0.05) is 13.5 Å². The van der Waals surface area contributed by atoms with Gasteiger partial charge in [0.25, 0.3) is 0 Å². The molecule has 0 aliphatic heterocycles. The van der Waals surface area contributed by atoms with Gasteiger partial charge in [-0.2, -0.15) is 0 Å². The normalized spacial score (nSPS) is 10.2. The zero-order valence-electron chi connectivity index (χ0n) is 9.87. The third-order valence-electron chi connectivity index (χ3n) is 1.79. The summed E-state index contributed by atoms with van der Waals surface area (Å²) >= 11 is 5.14. The van der Waals surface area contributed by atoms with Gasteiger partial charge in [-0.15, -0.1) is 0 Å². The maximum absolute atomic E-state index is 11.1. The molecule has 0 aromatic rings. The maximum atomic E-state index is 11.1. The summed E-state index contributed by atoms with van der Waals surface area (Å²) in [5.74, 6) is -0.545. The summed E-state index contributed by atoms with van der Waals surface area (Å²) in [5.41, 5.74) is 0. The Hall–Kier alpha value is -0.690. The molecule has 0 aromatic heterocycles. The second kappa shape index (κ2) is 11.8. The molecule has 0 aliphatic carbocycles. The first-order valence-corrected chi connectivity index (χ1v) is 5.66. The van der Waals surface area contributed by atoms with E-state index in [0.717, 1.165) is 0 Å². The number of carbonyl (C=O) groups is 2. The number of Topliss-reactive ketones (excluding diaryl/α,β-unsaturated/α-hetero) is 1. The van der Waals surface area contributed by atoms with Crippen molar-refractivity contribution < 1.29 is 23.8 Å². The molecule has 0 aliphatic rings. The lowest BCUT2D eigenvalue weighted by molar-refractivity contribution is -0.146. The number of nitrogens with one attached hydrogen (secondary N) is 1. The number of halogens is 1. The van der Waals surface area contributed by atoms with E-state index in [1.807, 2.05) is 0 Å². The summed E-state index contributed by atoms with van der Waals surface area (Å²) in [6.45, 7) is 1.54. The van der Waals surface area contributed by atoms with E-state index in [1.165, 1.54) is 0 Å². The molecule has 0 amide bonds. The quantitative estimate of drug-likeness (QED) is 0.329. The van der Waals surface area contributed by atoms with E-state index < -0.39 is 5.97 Å². The molecule has 0 fully saturated rings. The molecule has 100 valence electrons. The van der Waals surface area contributed by atoms with Crippen molar-refractivity contribution in [1.82, 2.24) is 4.84 Å². The molecule has 0 aromatic carbocycles. The van der Waals surface area contributed by atoms with Gasteiger partial charge in [0.05, 0.1) is 32.8 Å². The molecule has 0 spiro atoms. The zero-order chi connectivity index (χ0) is 12.9. The number of hydrogen-bond acceptors (Lipinski definition) is 6. The van der Waals surface area contributed by atoms with Crippen LogP contribution in [0.25, 0.3) is 0 Å². The lowest BCUT2D eigenvalue weighted by Crippen LogP contribution is -2.17. The van der Waals surface area contributed by atoms with Crippen LogP contribution in [-0.2, 0) is 23.8 Å². The lowest BCUT2D eigenvalue weighted by atomic mass is 10.2. The van der Waals surface area contributed by atoms with Gasteiger partial charge in [-0.25, -0.2) is 4.84 Å². The van der Waals surface area contributed by atoms with Crippen molar-refractivity contribution in [2.75, 3.05) is 40.1 Å². The van der Waals surface area contributed by atoms with Crippen molar-refractivity contribution in [2.45, 2.75) is 12.8 Å². The van der Waals surface area contributed by atoms with Crippen molar-refractivity contribution in [3.63, 3.8) is 0 Å². The highest BCUT2D eigenvalue weighted by atomic mass is 35.5. The molecule has 0 bridgehead atoms. The van der Waals surface area contributed by atoms with Crippen molar-refractivity contribution in [2.24, 2.45) is 0 Å². The molecule has 7 heteroatoms. The van der Waals surface area contributed by atoms with Crippen LogP contribution < -0.4 is 4.84 Å². The summed E-state index contributed by atoms with van der Waals surface area (Å²) in [5, 5.41) is 0. The first-order chi connectivity index (χ1) is 8.20. The average Bonchev–Trinajstić information content (AvgIpc) is 2.31. The van der Waals surface area contributed by atoms with E-state index in [9.17, 15) is 9.59 Å². The molecule has 0 heterocycles. The van der Waals surface area contributed by atoms with E-state index >= 15 is 0 Å². The van der Waals surface area contributed by atoms with Crippen LogP contribution in [0.5, 0.6) is 0 Å². The second-order valence-electron chi connectivity index (χ2n) is 3.17. The van der Waals surface area contributed by atoms with Gasteiger partial charge in [0.1, 0.15) is 12.4 Å². The van der Waals surface area contributed by atoms with E-state index in [4.69, 9.17) is 26.0 Å². The molecular weight excluding hydrogens is 250 g/mol. The highest BCUT2D eigenvalue weighted by Crippen LogP contribution is 1.94. The fourth-order valence-electron chi connectivity index (χ4n) is 0.935. The lowest BCUT2D eigenvalue weighted by Gasteiger charge is -2.05. The van der Waals surface area contributed by atoms with Gasteiger partial charge in [0.2, 0.25) is 0 Å². The SMILES string of the molecule is COCCOCCOC(=O)CCC(=O)CNCl. The zero-order valence-corrected chi connectivity index (χ0v) is 10.6. The van der Waals surface area contributed by atoms with Crippen molar-refractivity contribution in [3.8, 4) is 0 Å². The molecule has 17 heavy (non-hydrogen) atoms. The Kier molecular flexibility index (Phi) is 11.3. The molecule has 0 atom stereocenters. The highest BCUT2D eigenvalue weighted by Gasteiger charge is 2.07.